The first-order chi connectivity index (χ1) is 35.5. The van der Waals surface area contributed by atoms with Crippen molar-refractivity contribution in [2.24, 2.45) is 0 Å². The quantitative estimate of drug-likeness (QED) is 0.0261. The summed E-state index contributed by atoms with van der Waals surface area (Å²) in [6.07, 6.45) is 72.8. The topological polar surface area (TPSA) is 78.9 Å². The van der Waals surface area contributed by atoms with Crippen LogP contribution in [-0.4, -0.2) is 37.2 Å². The molecule has 0 spiro atoms. The van der Waals surface area contributed by atoms with Crippen LogP contribution in [0.2, 0.25) is 0 Å². The SMILES string of the molecule is CCCCCCCCCC/C=C\CCCCCCCCCCCCCCCCCCCCCC(=O)OCC(COC(=O)CCCCCCCC)OC(=O)CCCCCCCCCCCCCCCCCCC. The first kappa shape index (κ1) is 70.1. The highest BCUT2D eigenvalue weighted by Gasteiger charge is 2.19. The number of hydrogen-bond donors (Lipinski definition) is 0. The summed E-state index contributed by atoms with van der Waals surface area (Å²) in [6, 6.07) is 0. The van der Waals surface area contributed by atoms with Crippen molar-refractivity contribution in [3.05, 3.63) is 12.2 Å². The molecular formula is C66H126O6. The van der Waals surface area contributed by atoms with Crippen LogP contribution in [0.1, 0.15) is 374 Å². The molecule has 0 aliphatic carbocycles. The van der Waals surface area contributed by atoms with Crippen LogP contribution in [0.4, 0.5) is 0 Å². The maximum Gasteiger partial charge on any atom is 0.306 e. The summed E-state index contributed by atoms with van der Waals surface area (Å²) >= 11 is 0. The zero-order chi connectivity index (χ0) is 52.2. The van der Waals surface area contributed by atoms with Crippen molar-refractivity contribution < 1.29 is 28.6 Å². The molecular weight excluding hydrogens is 889 g/mol. The molecule has 0 rings (SSSR count). The van der Waals surface area contributed by atoms with Crippen LogP contribution in [0.15, 0.2) is 12.2 Å². The van der Waals surface area contributed by atoms with Gasteiger partial charge >= 0.3 is 17.9 Å². The molecule has 0 aliphatic rings. The molecule has 72 heavy (non-hydrogen) atoms. The summed E-state index contributed by atoms with van der Waals surface area (Å²) in [7, 11) is 0. The third-order valence-electron chi connectivity index (χ3n) is 15.0. The number of rotatable bonds is 61. The van der Waals surface area contributed by atoms with Crippen LogP contribution in [0.5, 0.6) is 0 Å². The zero-order valence-electron chi connectivity index (χ0n) is 49.0. The van der Waals surface area contributed by atoms with Gasteiger partial charge in [0.2, 0.25) is 0 Å². The van der Waals surface area contributed by atoms with E-state index in [-0.39, 0.29) is 31.1 Å². The molecule has 1 unspecified atom stereocenters. The Balaban J connectivity index is 3.93. The minimum Gasteiger partial charge on any atom is -0.462 e. The first-order valence-electron chi connectivity index (χ1n) is 32.7. The monoisotopic (exact) mass is 1010 g/mol. The average molecular weight is 1020 g/mol. The lowest BCUT2D eigenvalue weighted by atomic mass is 10.0. The second kappa shape index (κ2) is 61.7. The second-order valence-corrected chi connectivity index (χ2v) is 22.4. The molecule has 0 saturated carbocycles. The molecule has 0 aromatic carbocycles. The van der Waals surface area contributed by atoms with Gasteiger partial charge in [-0.25, -0.2) is 0 Å². The largest absolute Gasteiger partial charge is 0.462 e. The lowest BCUT2D eigenvalue weighted by Gasteiger charge is -2.18. The Morgan fingerprint density at radius 3 is 0.694 bits per heavy atom. The van der Waals surface area contributed by atoms with Gasteiger partial charge in [-0.1, -0.05) is 322 Å². The maximum absolute atomic E-state index is 12.8. The van der Waals surface area contributed by atoms with E-state index in [1.807, 2.05) is 0 Å². The highest BCUT2D eigenvalue weighted by molar-refractivity contribution is 5.71. The molecule has 0 saturated heterocycles. The van der Waals surface area contributed by atoms with Gasteiger partial charge in [0, 0.05) is 19.3 Å². The van der Waals surface area contributed by atoms with Gasteiger partial charge in [-0.05, 0) is 44.9 Å². The molecule has 0 amide bonds. The van der Waals surface area contributed by atoms with Crippen LogP contribution >= 0.6 is 0 Å². The van der Waals surface area contributed by atoms with Crippen LogP contribution < -0.4 is 0 Å². The molecule has 0 heterocycles. The lowest BCUT2D eigenvalue weighted by Crippen LogP contribution is -2.30. The second-order valence-electron chi connectivity index (χ2n) is 22.4. The molecule has 0 N–H and O–H groups in total. The molecule has 0 aliphatic heterocycles. The van der Waals surface area contributed by atoms with Gasteiger partial charge < -0.3 is 14.2 Å². The molecule has 6 heteroatoms. The summed E-state index contributed by atoms with van der Waals surface area (Å²) in [5.41, 5.74) is 0. The van der Waals surface area contributed by atoms with E-state index in [1.165, 1.54) is 276 Å². The third kappa shape index (κ3) is 59.0. The van der Waals surface area contributed by atoms with E-state index in [2.05, 4.69) is 32.9 Å². The predicted octanol–water partition coefficient (Wildman–Crippen LogP) is 22.1. The van der Waals surface area contributed by atoms with E-state index in [9.17, 15) is 14.4 Å². The average Bonchev–Trinajstić information content (AvgIpc) is 3.38. The summed E-state index contributed by atoms with van der Waals surface area (Å²) in [6.45, 7) is 6.65. The van der Waals surface area contributed by atoms with E-state index in [4.69, 9.17) is 14.2 Å². The minimum atomic E-state index is -0.762. The van der Waals surface area contributed by atoms with Gasteiger partial charge in [-0.2, -0.15) is 0 Å². The lowest BCUT2D eigenvalue weighted by molar-refractivity contribution is -0.167. The van der Waals surface area contributed by atoms with Gasteiger partial charge in [0.05, 0.1) is 0 Å². The molecule has 0 aromatic rings. The standard InChI is InChI=1S/C66H126O6/c1-4-7-10-13-16-18-20-22-24-26-27-28-29-30-31-32-33-34-35-36-37-38-39-41-42-44-46-48-50-53-56-59-65(68)71-62-63(61-70-64(67)58-55-52-15-12-9-6-3)72-66(69)60-57-54-51-49-47-45-43-40-25-23-21-19-17-14-11-8-5-2/h26-27,63H,4-25,28-62H2,1-3H3/b27-26-. The molecule has 6 nitrogen and oxygen atoms in total. The number of ether oxygens (including phenoxy) is 3. The normalized spacial score (nSPS) is 12.0. The Morgan fingerprint density at radius 2 is 0.458 bits per heavy atom. The van der Waals surface area contributed by atoms with E-state index in [1.54, 1.807) is 0 Å². The van der Waals surface area contributed by atoms with Crippen LogP contribution in [-0.2, 0) is 28.6 Å². The van der Waals surface area contributed by atoms with E-state index < -0.39 is 6.10 Å². The van der Waals surface area contributed by atoms with Crippen molar-refractivity contribution in [2.75, 3.05) is 13.2 Å². The predicted molar refractivity (Wildman–Crippen MR) is 312 cm³/mol. The fraction of sp³-hybridized carbons (Fsp3) is 0.924. The maximum atomic E-state index is 12.8. The third-order valence-corrected chi connectivity index (χ3v) is 15.0. The smallest absolute Gasteiger partial charge is 0.306 e. The fourth-order valence-corrected chi connectivity index (χ4v) is 10.1. The highest BCUT2D eigenvalue weighted by Crippen LogP contribution is 2.18. The highest BCUT2D eigenvalue weighted by atomic mass is 16.6. The Labute approximate surface area is 450 Å². The molecule has 0 radical (unpaired) electrons. The zero-order valence-corrected chi connectivity index (χ0v) is 49.0. The Kier molecular flexibility index (Phi) is 60.1. The van der Waals surface area contributed by atoms with Crippen molar-refractivity contribution >= 4 is 17.9 Å². The van der Waals surface area contributed by atoms with Gasteiger partial charge in [-0.15, -0.1) is 0 Å². The van der Waals surface area contributed by atoms with Gasteiger partial charge in [0.15, 0.2) is 6.10 Å². The number of carbonyl (C=O) groups is 3. The summed E-state index contributed by atoms with van der Waals surface area (Å²) in [5.74, 6) is -0.846. The molecule has 1 atom stereocenters. The molecule has 0 bridgehead atoms. The van der Waals surface area contributed by atoms with Crippen LogP contribution in [0.25, 0.3) is 0 Å². The fourth-order valence-electron chi connectivity index (χ4n) is 10.1. The number of esters is 3. The van der Waals surface area contributed by atoms with Crippen molar-refractivity contribution in [3.8, 4) is 0 Å². The van der Waals surface area contributed by atoms with Gasteiger partial charge in [0.1, 0.15) is 13.2 Å². The van der Waals surface area contributed by atoms with Crippen LogP contribution in [0, 0.1) is 0 Å². The van der Waals surface area contributed by atoms with E-state index in [0.29, 0.717) is 19.3 Å². The van der Waals surface area contributed by atoms with Gasteiger partial charge in [-0.3, -0.25) is 14.4 Å². The Morgan fingerprint density at radius 1 is 0.264 bits per heavy atom. The Bertz CT molecular complexity index is 1120. The van der Waals surface area contributed by atoms with Crippen molar-refractivity contribution in [3.63, 3.8) is 0 Å². The number of hydrogen-bond acceptors (Lipinski definition) is 6. The van der Waals surface area contributed by atoms with Crippen molar-refractivity contribution in [2.45, 2.75) is 380 Å². The molecule has 0 aromatic heterocycles. The molecule has 0 fully saturated rings. The van der Waals surface area contributed by atoms with Gasteiger partial charge in [0.25, 0.3) is 0 Å². The summed E-state index contributed by atoms with van der Waals surface area (Å²) in [4.78, 5) is 38.0. The Hall–Kier alpha value is -1.85. The van der Waals surface area contributed by atoms with Crippen molar-refractivity contribution in [1.82, 2.24) is 0 Å². The minimum absolute atomic E-state index is 0.0635. The van der Waals surface area contributed by atoms with E-state index in [0.717, 1.165) is 57.8 Å². The summed E-state index contributed by atoms with van der Waals surface area (Å²) in [5, 5.41) is 0. The molecule has 426 valence electrons. The first-order valence-corrected chi connectivity index (χ1v) is 32.7. The van der Waals surface area contributed by atoms with Crippen LogP contribution in [0.3, 0.4) is 0 Å². The number of unbranched alkanes of at least 4 members (excludes halogenated alkanes) is 48. The number of carbonyl (C=O) groups excluding carboxylic acids is 3. The number of allylic oxidation sites excluding steroid dienone is 2. The summed E-state index contributed by atoms with van der Waals surface area (Å²) < 4.78 is 16.8. The van der Waals surface area contributed by atoms with Crippen molar-refractivity contribution in [1.29, 1.82) is 0 Å². The van der Waals surface area contributed by atoms with E-state index >= 15 is 0 Å².